The lowest BCUT2D eigenvalue weighted by Crippen LogP contribution is -2.49. The van der Waals surface area contributed by atoms with E-state index in [1.807, 2.05) is 13.8 Å². The van der Waals surface area contributed by atoms with Crippen molar-refractivity contribution in [3.05, 3.63) is 0 Å². The van der Waals surface area contributed by atoms with Crippen LogP contribution in [0.2, 0.25) is 0 Å². The molecule has 0 aromatic heterocycles. The summed E-state index contributed by atoms with van der Waals surface area (Å²) in [6.45, 7) is 7.11. The summed E-state index contributed by atoms with van der Waals surface area (Å²) < 4.78 is 4.34. The van der Waals surface area contributed by atoms with E-state index in [0.29, 0.717) is 0 Å². The maximum absolute atomic E-state index is 11.6. The van der Waals surface area contributed by atoms with E-state index in [0.717, 1.165) is 0 Å². The molecular formula is C11H19NO4S. The molecule has 0 unspecified atom stereocenters. The third-order valence-corrected chi connectivity index (χ3v) is 4.88. The lowest BCUT2D eigenvalue weighted by Gasteiger charge is -2.27. The number of esters is 1. The van der Waals surface area contributed by atoms with E-state index in [-0.39, 0.29) is 16.1 Å². The summed E-state index contributed by atoms with van der Waals surface area (Å²) in [6.07, 6.45) is 0. The van der Waals surface area contributed by atoms with Crippen molar-refractivity contribution in [3.8, 4) is 0 Å². The molecule has 98 valence electrons. The smallest absolute Gasteiger partial charge is 0.324 e. The largest absolute Gasteiger partial charge is 0.481 e. The van der Waals surface area contributed by atoms with Crippen LogP contribution in [0.3, 0.4) is 0 Å². The number of carbonyl (C=O) groups excluding carboxylic acids is 1. The number of hydrogen-bond acceptors (Lipinski definition) is 5. The van der Waals surface area contributed by atoms with Gasteiger partial charge >= 0.3 is 11.9 Å². The first-order valence-corrected chi connectivity index (χ1v) is 6.26. The van der Waals surface area contributed by atoms with E-state index in [4.69, 9.17) is 4.74 Å². The van der Waals surface area contributed by atoms with Crippen molar-refractivity contribution in [1.29, 1.82) is 0 Å². The van der Waals surface area contributed by atoms with Crippen LogP contribution < -0.4 is 5.32 Å². The van der Waals surface area contributed by atoms with Crippen LogP contribution in [-0.2, 0) is 14.3 Å². The first-order chi connectivity index (χ1) is 7.63. The molecule has 1 saturated heterocycles. The van der Waals surface area contributed by atoms with Gasteiger partial charge in [0.2, 0.25) is 0 Å². The van der Waals surface area contributed by atoms with Gasteiger partial charge in [-0.3, -0.25) is 14.9 Å². The Hall–Kier alpha value is -0.750. The quantitative estimate of drug-likeness (QED) is 0.740. The highest BCUT2D eigenvalue weighted by Gasteiger charge is 2.52. The Labute approximate surface area is 105 Å². The number of carboxylic acids is 1. The molecule has 1 heterocycles. The Morgan fingerprint density at radius 3 is 2.35 bits per heavy atom. The summed E-state index contributed by atoms with van der Waals surface area (Å²) in [4.78, 5) is 22.8. The molecule has 0 radical (unpaired) electrons. The van der Waals surface area contributed by atoms with E-state index in [2.05, 4.69) is 5.32 Å². The van der Waals surface area contributed by atoms with Gasteiger partial charge in [-0.15, -0.1) is 11.8 Å². The summed E-state index contributed by atoms with van der Waals surface area (Å²) in [5.41, 5.74) is -0.940. The highest BCUT2D eigenvalue weighted by atomic mass is 32.2. The molecule has 1 rings (SSSR count). The second-order valence-corrected chi connectivity index (χ2v) is 7.01. The fourth-order valence-corrected chi connectivity index (χ4v) is 3.20. The second-order valence-electron chi connectivity index (χ2n) is 5.25. The molecule has 1 aliphatic rings. The van der Waals surface area contributed by atoms with E-state index >= 15 is 0 Å². The third-order valence-electron chi connectivity index (χ3n) is 3.08. The number of aliphatic carboxylic acids is 1. The zero-order chi connectivity index (χ0) is 13.4. The number of hydrogen-bond donors (Lipinski definition) is 2. The summed E-state index contributed by atoms with van der Waals surface area (Å²) in [5.74, 6) is -1.24. The lowest BCUT2D eigenvalue weighted by atomic mass is 9.92. The zero-order valence-corrected chi connectivity index (χ0v) is 11.6. The highest BCUT2D eigenvalue weighted by Crippen LogP contribution is 2.45. The predicted molar refractivity (Wildman–Crippen MR) is 65.8 cm³/mol. The number of carbonyl (C=O) groups is 2. The standard InChI is InChI=1S/C11H19NO4S/c1-10(2,9(14)15)8-12-6(7(13)16-5)11(3,4)17-8/h6,8,12H,1-5H3,(H,14,15)/t6-,8+/m0/s1. The topological polar surface area (TPSA) is 75.6 Å². The van der Waals surface area contributed by atoms with Gasteiger partial charge in [0.1, 0.15) is 6.04 Å². The molecule has 2 N–H and O–H groups in total. The van der Waals surface area contributed by atoms with Crippen molar-refractivity contribution in [1.82, 2.24) is 5.32 Å². The van der Waals surface area contributed by atoms with Gasteiger partial charge in [0, 0.05) is 4.75 Å². The van der Waals surface area contributed by atoms with Gasteiger partial charge in [-0.05, 0) is 27.7 Å². The molecule has 1 aliphatic heterocycles. The van der Waals surface area contributed by atoms with Crippen LogP contribution in [0.4, 0.5) is 0 Å². The van der Waals surface area contributed by atoms with Crippen molar-refractivity contribution in [3.63, 3.8) is 0 Å². The fraction of sp³-hybridized carbons (Fsp3) is 0.818. The molecule has 0 saturated carbocycles. The van der Waals surface area contributed by atoms with Crippen LogP contribution in [0.5, 0.6) is 0 Å². The van der Waals surface area contributed by atoms with Crippen molar-refractivity contribution in [2.45, 2.75) is 43.9 Å². The van der Waals surface area contributed by atoms with Gasteiger partial charge in [-0.2, -0.15) is 0 Å². The van der Waals surface area contributed by atoms with Crippen LogP contribution in [0.25, 0.3) is 0 Å². The maximum Gasteiger partial charge on any atom is 0.324 e. The van der Waals surface area contributed by atoms with Crippen LogP contribution >= 0.6 is 11.8 Å². The van der Waals surface area contributed by atoms with Crippen LogP contribution in [-0.4, -0.2) is 40.3 Å². The van der Waals surface area contributed by atoms with Gasteiger partial charge in [0.25, 0.3) is 0 Å². The minimum Gasteiger partial charge on any atom is -0.481 e. The van der Waals surface area contributed by atoms with Gasteiger partial charge in [0.15, 0.2) is 0 Å². The number of methoxy groups -OCH3 is 1. The second kappa shape index (κ2) is 4.49. The summed E-state index contributed by atoms with van der Waals surface area (Å²) in [7, 11) is 1.33. The van der Waals surface area contributed by atoms with Crippen molar-refractivity contribution >= 4 is 23.7 Å². The summed E-state index contributed by atoms with van der Waals surface area (Å²) in [6, 6.07) is -0.485. The maximum atomic E-state index is 11.6. The Morgan fingerprint density at radius 1 is 1.41 bits per heavy atom. The number of thioether (sulfide) groups is 1. The van der Waals surface area contributed by atoms with Crippen LogP contribution in [0.15, 0.2) is 0 Å². The molecule has 17 heavy (non-hydrogen) atoms. The Bertz CT molecular complexity index is 340. The van der Waals surface area contributed by atoms with Crippen molar-refractivity contribution in [2.24, 2.45) is 5.41 Å². The molecule has 0 aliphatic carbocycles. The van der Waals surface area contributed by atoms with E-state index < -0.39 is 17.4 Å². The first kappa shape index (κ1) is 14.3. The van der Waals surface area contributed by atoms with Gasteiger partial charge in [0.05, 0.1) is 17.9 Å². The molecule has 2 atom stereocenters. The normalized spacial score (nSPS) is 27.8. The molecule has 0 amide bonds. The van der Waals surface area contributed by atoms with Gasteiger partial charge < -0.3 is 9.84 Å². The number of ether oxygens (including phenoxy) is 1. The first-order valence-electron chi connectivity index (χ1n) is 5.38. The lowest BCUT2D eigenvalue weighted by molar-refractivity contribution is -0.149. The fourth-order valence-electron chi connectivity index (χ4n) is 1.70. The minimum absolute atomic E-state index is 0.320. The third kappa shape index (κ3) is 2.57. The summed E-state index contributed by atoms with van der Waals surface area (Å²) >= 11 is 1.46. The van der Waals surface area contributed by atoms with E-state index in [9.17, 15) is 14.7 Å². The summed E-state index contributed by atoms with van der Waals surface area (Å²) in [5, 5.41) is 11.9. The molecule has 5 nitrogen and oxygen atoms in total. The molecule has 0 aromatic rings. The molecule has 0 bridgehead atoms. The number of rotatable bonds is 3. The molecule has 1 fully saturated rings. The molecule has 0 aromatic carbocycles. The van der Waals surface area contributed by atoms with Crippen LogP contribution in [0, 0.1) is 5.41 Å². The monoisotopic (exact) mass is 261 g/mol. The van der Waals surface area contributed by atoms with E-state index in [1.165, 1.54) is 18.9 Å². The van der Waals surface area contributed by atoms with Crippen LogP contribution in [0.1, 0.15) is 27.7 Å². The Kier molecular flexibility index (Phi) is 3.78. The van der Waals surface area contributed by atoms with Gasteiger partial charge in [-0.1, -0.05) is 0 Å². The van der Waals surface area contributed by atoms with Crippen molar-refractivity contribution < 1.29 is 19.4 Å². The average Bonchev–Trinajstić information content (AvgIpc) is 2.53. The SMILES string of the molecule is COC(=O)[C@@H]1N[C@@H](C(C)(C)C(=O)O)SC1(C)C. The molecule has 0 spiro atoms. The Morgan fingerprint density at radius 2 is 1.94 bits per heavy atom. The van der Waals surface area contributed by atoms with Crippen molar-refractivity contribution in [2.75, 3.05) is 7.11 Å². The highest BCUT2D eigenvalue weighted by molar-refractivity contribution is 8.01. The minimum atomic E-state index is -0.940. The average molecular weight is 261 g/mol. The molecular weight excluding hydrogens is 242 g/mol. The molecule has 6 heteroatoms. The Balaban J connectivity index is 2.92. The number of carboxylic acid groups (broad SMARTS) is 1. The van der Waals surface area contributed by atoms with E-state index in [1.54, 1.807) is 13.8 Å². The van der Waals surface area contributed by atoms with Gasteiger partial charge in [-0.25, -0.2) is 0 Å². The zero-order valence-electron chi connectivity index (χ0n) is 10.7. The predicted octanol–water partition coefficient (Wildman–Crippen LogP) is 1.08. The number of nitrogens with one attached hydrogen (secondary N) is 1.